The van der Waals surface area contributed by atoms with E-state index >= 15 is 0 Å². The molecule has 0 bridgehead atoms. The van der Waals surface area contributed by atoms with Gasteiger partial charge in [0.15, 0.2) is 17.5 Å². The SMILES string of the molecule is COc1ccc(C2CC(c3cc(OC)c(OC)c(OC)c3)N=C(N)N2)c(OC)c1. The van der Waals surface area contributed by atoms with Crippen LogP contribution in [0.5, 0.6) is 28.7 Å². The highest BCUT2D eigenvalue weighted by molar-refractivity contribution is 5.79. The minimum Gasteiger partial charge on any atom is -0.497 e. The van der Waals surface area contributed by atoms with Crippen LogP contribution in [0.25, 0.3) is 0 Å². The van der Waals surface area contributed by atoms with Crippen LogP contribution in [0.3, 0.4) is 0 Å². The Morgan fingerprint density at radius 3 is 2.07 bits per heavy atom. The molecule has 8 heteroatoms. The van der Waals surface area contributed by atoms with Gasteiger partial charge in [0.05, 0.1) is 47.6 Å². The molecule has 0 saturated carbocycles. The maximum Gasteiger partial charge on any atom is 0.203 e. The Morgan fingerprint density at radius 1 is 0.862 bits per heavy atom. The van der Waals surface area contributed by atoms with Crippen molar-refractivity contribution in [3.05, 3.63) is 41.5 Å². The van der Waals surface area contributed by atoms with Gasteiger partial charge < -0.3 is 34.7 Å². The minimum absolute atomic E-state index is 0.0857. The third-order valence-electron chi connectivity index (χ3n) is 4.96. The predicted octanol–water partition coefficient (Wildman–Crippen LogP) is 2.82. The normalized spacial score (nSPS) is 18.3. The third-order valence-corrected chi connectivity index (χ3v) is 4.96. The summed E-state index contributed by atoms with van der Waals surface area (Å²) < 4.78 is 27.2. The topological polar surface area (TPSA) is 96.6 Å². The van der Waals surface area contributed by atoms with Crippen LogP contribution >= 0.6 is 0 Å². The van der Waals surface area contributed by atoms with Crippen molar-refractivity contribution in [3.63, 3.8) is 0 Å². The zero-order chi connectivity index (χ0) is 21.0. The van der Waals surface area contributed by atoms with Crippen molar-refractivity contribution < 1.29 is 23.7 Å². The number of hydrogen-bond acceptors (Lipinski definition) is 8. The van der Waals surface area contributed by atoms with Gasteiger partial charge in [0.2, 0.25) is 5.75 Å². The predicted molar refractivity (Wildman–Crippen MR) is 111 cm³/mol. The van der Waals surface area contributed by atoms with Crippen LogP contribution in [0.15, 0.2) is 35.3 Å². The zero-order valence-electron chi connectivity index (χ0n) is 17.3. The van der Waals surface area contributed by atoms with E-state index < -0.39 is 0 Å². The summed E-state index contributed by atoms with van der Waals surface area (Å²) in [6.45, 7) is 0. The standard InChI is InChI=1S/C21H27N3O5/c1-25-13-6-7-14(17(10-13)26-2)16-11-15(23-21(22)24-16)12-8-18(27-3)20(29-5)19(9-12)28-4/h6-10,15-16H,11H2,1-5H3,(H3,22,23,24). The lowest BCUT2D eigenvalue weighted by Gasteiger charge is -2.30. The smallest absolute Gasteiger partial charge is 0.203 e. The second kappa shape index (κ2) is 8.81. The second-order valence-electron chi connectivity index (χ2n) is 6.53. The first kappa shape index (κ1) is 20.4. The van der Waals surface area contributed by atoms with Gasteiger partial charge in [-0.3, -0.25) is 0 Å². The van der Waals surface area contributed by atoms with E-state index in [4.69, 9.17) is 29.4 Å². The molecule has 0 radical (unpaired) electrons. The summed E-state index contributed by atoms with van der Waals surface area (Å²) in [4.78, 5) is 4.59. The summed E-state index contributed by atoms with van der Waals surface area (Å²) in [5.41, 5.74) is 8.01. The number of aliphatic imine (C=N–C) groups is 1. The fourth-order valence-corrected chi connectivity index (χ4v) is 3.53. The summed E-state index contributed by atoms with van der Waals surface area (Å²) in [6, 6.07) is 9.25. The van der Waals surface area contributed by atoms with Crippen LogP contribution in [-0.4, -0.2) is 41.5 Å². The number of ether oxygens (including phenoxy) is 5. The summed E-state index contributed by atoms with van der Waals surface area (Å²) in [7, 11) is 8.01. The van der Waals surface area contributed by atoms with Crippen molar-refractivity contribution in [2.45, 2.75) is 18.5 Å². The molecule has 0 fully saturated rings. The van der Waals surface area contributed by atoms with E-state index in [-0.39, 0.29) is 12.1 Å². The first-order chi connectivity index (χ1) is 14.0. The van der Waals surface area contributed by atoms with Gasteiger partial charge in [0.25, 0.3) is 0 Å². The lowest BCUT2D eigenvalue weighted by Crippen LogP contribution is -2.39. The summed E-state index contributed by atoms with van der Waals surface area (Å²) in [5.74, 6) is 3.50. The summed E-state index contributed by atoms with van der Waals surface area (Å²) in [6.07, 6.45) is 0.669. The molecule has 0 aliphatic carbocycles. The number of nitrogens with zero attached hydrogens (tertiary/aromatic N) is 1. The van der Waals surface area contributed by atoms with Crippen LogP contribution in [-0.2, 0) is 0 Å². The van der Waals surface area contributed by atoms with E-state index in [0.717, 1.165) is 22.6 Å². The number of methoxy groups -OCH3 is 5. The highest BCUT2D eigenvalue weighted by atomic mass is 16.5. The molecule has 156 valence electrons. The Labute approximate surface area is 170 Å². The van der Waals surface area contributed by atoms with Gasteiger partial charge in [-0.1, -0.05) is 0 Å². The van der Waals surface area contributed by atoms with Gasteiger partial charge in [0, 0.05) is 11.6 Å². The molecular formula is C21H27N3O5. The molecule has 2 aromatic rings. The Balaban J connectivity index is 1.98. The fourth-order valence-electron chi connectivity index (χ4n) is 3.53. The van der Waals surface area contributed by atoms with Gasteiger partial charge in [0.1, 0.15) is 11.5 Å². The molecule has 2 unspecified atom stereocenters. The van der Waals surface area contributed by atoms with Crippen LogP contribution < -0.4 is 34.7 Å². The molecule has 2 atom stereocenters. The Kier molecular flexibility index (Phi) is 6.21. The van der Waals surface area contributed by atoms with Gasteiger partial charge in [-0.25, -0.2) is 4.99 Å². The number of nitrogens with one attached hydrogen (secondary N) is 1. The highest BCUT2D eigenvalue weighted by Crippen LogP contribution is 2.43. The van der Waals surface area contributed by atoms with E-state index in [1.807, 2.05) is 30.3 Å². The van der Waals surface area contributed by atoms with Crippen molar-refractivity contribution in [1.82, 2.24) is 5.32 Å². The zero-order valence-corrected chi connectivity index (χ0v) is 17.3. The average molecular weight is 401 g/mol. The van der Waals surface area contributed by atoms with Crippen LogP contribution in [0, 0.1) is 0 Å². The molecule has 0 amide bonds. The van der Waals surface area contributed by atoms with E-state index in [1.165, 1.54) is 0 Å². The summed E-state index contributed by atoms with van der Waals surface area (Å²) in [5, 5.41) is 3.24. The van der Waals surface area contributed by atoms with Gasteiger partial charge >= 0.3 is 0 Å². The number of guanidine groups is 1. The molecule has 0 saturated heterocycles. The lowest BCUT2D eigenvalue weighted by atomic mass is 9.93. The molecule has 3 rings (SSSR count). The molecule has 29 heavy (non-hydrogen) atoms. The molecule has 3 N–H and O–H groups in total. The van der Waals surface area contributed by atoms with Crippen LogP contribution in [0.4, 0.5) is 0 Å². The fraction of sp³-hybridized carbons (Fsp3) is 0.381. The van der Waals surface area contributed by atoms with Crippen molar-refractivity contribution in [3.8, 4) is 28.7 Å². The molecule has 1 heterocycles. The Hall–Kier alpha value is -3.29. The third kappa shape index (κ3) is 4.11. The van der Waals surface area contributed by atoms with E-state index in [9.17, 15) is 0 Å². The molecule has 1 aliphatic heterocycles. The first-order valence-electron chi connectivity index (χ1n) is 9.16. The van der Waals surface area contributed by atoms with Crippen molar-refractivity contribution in [2.24, 2.45) is 10.7 Å². The van der Waals surface area contributed by atoms with Crippen molar-refractivity contribution in [2.75, 3.05) is 35.5 Å². The molecule has 0 spiro atoms. The molecule has 1 aliphatic rings. The maximum atomic E-state index is 6.12. The minimum atomic E-state index is -0.193. The lowest BCUT2D eigenvalue weighted by molar-refractivity contribution is 0.323. The first-order valence-corrected chi connectivity index (χ1v) is 9.16. The number of benzene rings is 2. The van der Waals surface area contributed by atoms with E-state index in [2.05, 4.69) is 10.3 Å². The molecule has 8 nitrogen and oxygen atoms in total. The molecule has 2 aromatic carbocycles. The highest BCUT2D eigenvalue weighted by Gasteiger charge is 2.28. The maximum absolute atomic E-state index is 6.12. The van der Waals surface area contributed by atoms with Crippen molar-refractivity contribution >= 4 is 5.96 Å². The van der Waals surface area contributed by atoms with Crippen molar-refractivity contribution in [1.29, 1.82) is 0 Å². The van der Waals surface area contributed by atoms with E-state index in [1.54, 1.807) is 35.5 Å². The second-order valence-corrected chi connectivity index (χ2v) is 6.53. The number of hydrogen-bond donors (Lipinski definition) is 2. The Bertz CT molecular complexity index is 875. The van der Waals surface area contributed by atoms with E-state index in [0.29, 0.717) is 29.6 Å². The van der Waals surface area contributed by atoms with Crippen LogP contribution in [0.2, 0.25) is 0 Å². The quantitative estimate of drug-likeness (QED) is 0.736. The van der Waals surface area contributed by atoms with Crippen LogP contribution in [0.1, 0.15) is 29.6 Å². The largest absolute Gasteiger partial charge is 0.497 e. The average Bonchev–Trinajstić information content (AvgIpc) is 2.76. The van der Waals surface area contributed by atoms with Gasteiger partial charge in [-0.15, -0.1) is 0 Å². The monoisotopic (exact) mass is 401 g/mol. The Morgan fingerprint density at radius 2 is 1.52 bits per heavy atom. The van der Waals surface area contributed by atoms with Gasteiger partial charge in [-0.05, 0) is 36.2 Å². The number of rotatable bonds is 7. The summed E-state index contributed by atoms with van der Waals surface area (Å²) >= 11 is 0. The molecular weight excluding hydrogens is 374 g/mol. The number of nitrogens with two attached hydrogens (primary N) is 1. The molecule has 0 aromatic heterocycles. The van der Waals surface area contributed by atoms with Gasteiger partial charge in [-0.2, -0.15) is 0 Å².